The molecule has 0 aliphatic rings. The molecule has 0 radical (unpaired) electrons. The lowest BCUT2D eigenvalue weighted by molar-refractivity contribution is 0.251. The molecule has 104 valence electrons. The van der Waals surface area contributed by atoms with Gasteiger partial charge in [0, 0.05) is 16.7 Å². The second kappa shape index (κ2) is 6.57. The van der Waals surface area contributed by atoms with Gasteiger partial charge in [0.15, 0.2) is 0 Å². The van der Waals surface area contributed by atoms with Gasteiger partial charge in [-0.1, -0.05) is 34.1 Å². The smallest absolute Gasteiger partial charge is 0.319 e. The van der Waals surface area contributed by atoms with E-state index in [1.807, 2.05) is 56.3 Å². The van der Waals surface area contributed by atoms with Crippen LogP contribution in [0.1, 0.15) is 16.7 Å². The van der Waals surface area contributed by atoms with Crippen LogP contribution in [0.3, 0.4) is 0 Å². The van der Waals surface area contributed by atoms with Gasteiger partial charge < -0.3 is 10.6 Å². The number of benzene rings is 2. The van der Waals surface area contributed by atoms with Gasteiger partial charge in [-0.25, -0.2) is 4.79 Å². The molecule has 2 N–H and O–H groups in total. The molecule has 2 amide bonds. The molecule has 0 unspecified atom stereocenters. The number of nitrogens with one attached hydrogen (secondary N) is 2. The van der Waals surface area contributed by atoms with Crippen molar-refractivity contribution < 1.29 is 4.79 Å². The minimum atomic E-state index is -0.198. The molecule has 2 aromatic rings. The number of hydrogen-bond acceptors (Lipinski definition) is 1. The molecule has 0 heterocycles. The first-order chi connectivity index (χ1) is 9.54. The number of carbonyl (C=O) groups is 1. The summed E-state index contributed by atoms with van der Waals surface area (Å²) in [5.74, 6) is 0. The van der Waals surface area contributed by atoms with E-state index in [0.717, 1.165) is 21.3 Å². The fourth-order valence-electron chi connectivity index (χ4n) is 1.78. The Kier molecular flexibility index (Phi) is 4.79. The van der Waals surface area contributed by atoms with Gasteiger partial charge in [-0.3, -0.25) is 0 Å². The van der Waals surface area contributed by atoms with E-state index in [-0.39, 0.29) is 6.03 Å². The average Bonchev–Trinajstić information content (AvgIpc) is 2.42. The molecule has 0 saturated carbocycles. The summed E-state index contributed by atoms with van der Waals surface area (Å²) < 4.78 is 1.03. The first kappa shape index (κ1) is 14.6. The Morgan fingerprint density at radius 1 is 1.05 bits per heavy atom. The largest absolute Gasteiger partial charge is 0.334 e. The standard InChI is InChI=1S/C16H17BrN2O/c1-11-3-8-15(9-12(11)2)19-16(20)18-10-13-4-6-14(17)7-5-13/h3-9H,10H2,1-2H3,(H2,18,19,20). The van der Waals surface area contributed by atoms with Crippen molar-refractivity contribution in [3.05, 3.63) is 63.6 Å². The highest BCUT2D eigenvalue weighted by Crippen LogP contribution is 2.14. The fraction of sp³-hybridized carbons (Fsp3) is 0.188. The number of urea groups is 1. The quantitative estimate of drug-likeness (QED) is 0.859. The molecule has 2 rings (SSSR count). The predicted molar refractivity (Wildman–Crippen MR) is 85.9 cm³/mol. The first-order valence-corrected chi connectivity index (χ1v) is 7.20. The zero-order valence-electron chi connectivity index (χ0n) is 11.5. The van der Waals surface area contributed by atoms with Crippen molar-refractivity contribution in [3.8, 4) is 0 Å². The summed E-state index contributed by atoms with van der Waals surface area (Å²) in [6.07, 6.45) is 0. The lowest BCUT2D eigenvalue weighted by Gasteiger charge is -2.09. The molecule has 0 aliphatic heterocycles. The number of carbonyl (C=O) groups excluding carboxylic acids is 1. The second-order valence-electron chi connectivity index (χ2n) is 4.73. The summed E-state index contributed by atoms with van der Waals surface area (Å²) in [6, 6.07) is 13.5. The van der Waals surface area contributed by atoms with Crippen LogP contribution in [0.4, 0.5) is 10.5 Å². The number of hydrogen-bond donors (Lipinski definition) is 2. The van der Waals surface area contributed by atoms with Gasteiger partial charge in [-0.15, -0.1) is 0 Å². The average molecular weight is 333 g/mol. The van der Waals surface area contributed by atoms with Crippen LogP contribution in [0, 0.1) is 13.8 Å². The molecule has 0 fully saturated rings. The Balaban J connectivity index is 1.89. The third kappa shape index (κ3) is 4.10. The third-order valence-electron chi connectivity index (χ3n) is 3.13. The number of rotatable bonds is 3. The van der Waals surface area contributed by atoms with Crippen LogP contribution in [-0.2, 0) is 6.54 Å². The molecule has 0 atom stereocenters. The van der Waals surface area contributed by atoms with Crippen molar-refractivity contribution in [3.63, 3.8) is 0 Å². The van der Waals surface area contributed by atoms with E-state index in [1.54, 1.807) is 0 Å². The van der Waals surface area contributed by atoms with Crippen LogP contribution in [-0.4, -0.2) is 6.03 Å². The SMILES string of the molecule is Cc1ccc(NC(=O)NCc2ccc(Br)cc2)cc1C. The molecule has 2 aromatic carbocycles. The summed E-state index contributed by atoms with van der Waals surface area (Å²) in [5.41, 5.74) is 4.24. The molecule has 20 heavy (non-hydrogen) atoms. The minimum Gasteiger partial charge on any atom is -0.334 e. The van der Waals surface area contributed by atoms with Crippen molar-refractivity contribution in [1.29, 1.82) is 0 Å². The monoisotopic (exact) mass is 332 g/mol. The van der Waals surface area contributed by atoms with E-state index in [4.69, 9.17) is 0 Å². The zero-order chi connectivity index (χ0) is 14.5. The van der Waals surface area contributed by atoms with E-state index in [1.165, 1.54) is 5.56 Å². The Bertz CT molecular complexity index is 608. The zero-order valence-corrected chi connectivity index (χ0v) is 13.1. The van der Waals surface area contributed by atoms with Gasteiger partial charge in [0.1, 0.15) is 0 Å². The minimum absolute atomic E-state index is 0.198. The maximum absolute atomic E-state index is 11.8. The molecule has 0 saturated heterocycles. The molecule has 0 aromatic heterocycles. The van der Waals surface area contributed by atoms with E-state index < -0.39 is 0 Å². The molecule has 0 aliphatic carbocycles. The summed E-state index contributed by atoms with van der Waals surface area (Å²) in [4.78, 5) is 11.8. The van der Waals surface area contributed by atoms with Crippen molar-refractivity contribution in [2.24, 2.45) is 0 Å². The fourth-order valence-corrected chi connectivity index (χ4v) is 2.04. The van der Waals surface area contributed by atoms with Gasteiger partial charge in [0.25, 0.3) is 0 Å². The molecule has 4 heteroatoms. The van der Waals surface area contributed by atoms with Crippen molar-refractivity contribution in [2.75, 3.05) is 5.32 Å². The lowest BCUT2D eigenvalue weighted by Crippen LogP contribution is -2.28. The van der Waals surface area contributed by atoms with Gasteiger partial charge in [0.2, 0.25) is 0 Å². The Labute approximate surface area is 127 Å². The van der Waals surface area contributed by atoms with Crippen LogP contribution in [0.15, 0.2) is 46.9 Å². The van der Waals surface area contributed by atoms with Crippen molar-refractivity contribution in [1.82, 2.24) is 5.32 Å². The van der Waals surface area contributed by atoms with Crippen LogP contribution >= 0.6 is 15.9 Å². The highest BCUT2D eigenvalue weighted by molar-refractivity contribution is 9.10. The number of aryl methyl sites for hydroxylation is 2. The topological polar surface area (TPSA) is 41.1 Å². The van der Waals surface area contributed by atoms with Crippen LogP contribution in [0.25, 0.3) is 0 Å². The van der Waals surface area contributed by atoms with Gasteiger partial charge in [-0.05, 0) is 54.8 Å². The van der Waals surface area contributed by atoms with Crippen LogP contribution in [0.5, 0.6) is 0 Å². The first-order valence-electron chi connectivity index (χ1n) is 6.41. The van der Waals surface area contributed by atoms with E-state index >= 15 is 0 Å². The van der Waals surface area contributed by atoms with Crippen LogP contribution < -0.4 is 10.6 Å². The maximum atomic E-state index is 11.8. The van der Waals surface area contributed by atoms with Crippen molar-refractivity contribution in [2.45, 2.75) is 20.4 Å². The molecule has 0 spiro atoms. The summed E-state index contributed by atoms with van der Waals surface area (Å²) >= 11 is 3.38. The van der Waals surface area contributed by atoms with E-state index in [2.05, 4.69) is 26.6 Å². The molecular formula is C16H17BrN2O. The summed E-state index contributed by atoms with van der Waals surface area (Å²) in [6.45, 7) is 4.58. The molecule has 3 nitrogen and oxygen atoms in total. The molecular weight excluding hydrogens is 316 g/mol. The second-order valence-corrected chi connectivity index (χ2v) is 5.65. The van der Waals surface area contributed by atoms with E-state index in [9.17, 15) is 4.79 Å². The third-order valence-corrected chi connectivity index (χ3v) is 3.66. The van der Waals surface area contributed by atoms with Gasteiger partial charge >= 0.3 is 6.03 Å². The van der Waals surface area contributed by atoms with Gasteiger partial charge in [-0.2, -0.15) is 0 Å². The summed E-state index contributed by atoms with van der Waals surface area (Å²) in [5, 5.41) is 5.67. The Morgan fingerprint density at radius 2 is 1.75 bits per heavy atom. The summed E-state index contributed by atoms with van der Waals surface area (Å²) in [7, 11) is 0. The van der Waals surface area contributed by atoms with E-state index in [0.29, 0.717) is 6.54 Å². The lowest BCUT2D eigenvalue weighted by atomic mass is 10.1. The van der Waals surface area contributed by atoms with Gasteiger partial charge in [0.05, 0.1) is 0 Å². The highest BCUT2D eigenvalue weighted by atomic mass is 79.9. The predicted octanol–water partition coefficient (Wildman–Crippen LogP) is 4.39. The number of halogens is 1. The maximum Gasteiger partial charge on any atom is 0.319 e. The Hall–Kier alpha value is -1.81. The Morgan fingerprint density at radius 3 is 2.40 bits per heavy atom. The van der Waals surface area contributed by atoms with Crippen molar-refractivity contribution >= 4 is 27.6 Å². The van der Waals surface area contributed by atoms with Crippen LogP contribution in [0.2, 0.25) is 0 Å². The number of anilines is 1. The normalized spacial score (nSPS) is 10.2. The number of amides is 2. The highest BCUT2D eigenvalue weighted by Gasteiger charge is 2.02. The molecule has 0 bridgehead atoms.